The first kappa shape index (κ1) is 22.7. The molecule has 1 aliphatic rings. The van der Waals surface area contributed by atoms with Gasteiger partial charge in [-0.05, 0) is 43.7 Å². The normalized spacial score (nSPS) is 14.7. The van der Waals surface area contributed by atoms with Gasteiger partial charge in [-0.3, -0.25) is 4.79 Å². The van der Waals surface area contributed by atoms with Crippen molar-refractivity contribution in [1.29, 1.82) is 0 Å². The summed E-state index contributed by atoms with van der Waals surface area (Å²) in [5, 5.41) is 20.7. The van der Waals surface area contributed by atoms with Gasteiger partial charge in [0.15, 0.2) is 11.6 Å². The van der Waals surface area contributed by atoms with Crippen molar-refractivity contribution in [1.82, 2.24) is 14.7 Å². The second-order valence-corrected chi connectivity index (χ2v) is 8.36. The zero-order chi connectivity index (χ0) is 23.9. The number of rotatable bonds is 6. The Morgan fingerprint density at radius 3 is 2.52 bits per heavy atom. The molecule has 0 saturated carbocycles. The van der Waals surface area contributed by atoms with Crippen LogP contribution in [0.25, 0.3) is 0 Å². The van der Waals surface area contributed by atoms with E-state index in [1.165, 1.54) is 17.0 Å². The topological polar surface area (TPSA) is 82.4 Å². The first-order valence-electron chi connectivity index (χ1n) is 10.4. The molecule has 1 aromatic heterocycles. The molecular formula is C23H24F3N5O2. The maximum Gasteiger partial charge on any atom is 0.256 e. The number of hydrogen-bond acceptors (Lipinski definition) is 5. The van der Waals surface area contributed by atoms with Crippen LogP contribution in [0.1, 0.15) is 21.6 Å². The predicted octanol–water partition coefficient (Wildman–Crippen LogP) is 3.59. The molecule has 33 heavy (non-hydrogen) atoms. The largest absolute Gasteiger partial charge is 0.384 e. The molecule has 1 amide bonds. The molecule has 1 saturated heterocycles. The Bertz CT molecular complexity index is 1220. The average molecular weight is 459 g/mol. The maximum atomic E-state index is 14.6. The van der Waals surface area contributed by atoms with Crippen molar-refractivity contribution in [3.63, 3.8) is 0 Å². The first-order valence-corrected chi connectivity index (χ1v) is 10.4. The van der Waals surface area contributed by atoms with Gasteiger partial charge < -0.3 is 20.6 Å². The third-order valence-corrected chi connectivity index (χ3v) is 5.57. The van der Waals surface area contributed by atoms with Gasteiger partial charge in [0.2, 0.25) is 0 Å². The number of likely N-dealkylation sites (tertiary alicyclic amines) is 1. The summed E-state index contributed by atoms with van der Waals surface area (Å²) in [6, 6.07) is 8.05. The number of aryl methyl sites for hydroxylation is 2. The van der Waals surface area contributed by atoms with Crippen LogP contribution in [0.2, 0.25) is 0 Å². The van der Waals surface area contributed by atoms with Gasteiger partial charge in [0.05, 0.1) is 42.3 Å². The van der Waals surface area contributed by atoms with Crippen molar-refractivity contribution < 1.29 is 23.1 Å². The van der Waals surface area contributed by atoms with Crippen LogP contribution in [-0.4, -0.2) is 51.4 Å². The second kappa shape index (κ2) is 8.43. The summed E-state index contributed by atoms with van der Waals surface area (Å²) in [5.41, 5.74) is -0.513. The lowest BCUT2D eigenvalue weighted by molar-refractivity contribution is -0.0924. The van der Waals surface area contributed by atoms with Crippen molar-refractivity contribution in [3.8, 4) is 0 Å². The van der Waals surface area contributed by atoms with Gasteiger partial charge in [-0.25, -0.2) is 17.9 Å². The number of aliphatic hydroxyl groups is 1. The smallest absolute Gasteiger partial charge is 0.256 e. The minimum atomic E-state index is -1.29. The van der Waals surface area contributed by atoms with Gasteiger partial charge in [0.1, 0.15) is 17.2 Å². The molecule has 10 heteroatoms. The summed E-state index contributed by atoms with van der Waals surface area (Å²) in [4.78, 5) is 14.4. The molecular weight excluding hydrogens is 435 g/mol. The van der Waals surface area contributed by atoms with Crippen LogP contribution in [0.3, 0.4) is 0 Å². The van der Waals surface area contributed by atoms with Crippen LogP contribution in [0, 0.1) is 31.3 Å². The predicted molar refractivity (Wildman–Crippen MR) is 118 cm³/mol. The highest BCUT2D eigenvalue weighted by Gasteiger charge is 2.45. The molecule has 3 N–H and O–H groups in total. The Kier molecular flexibility index (Phi) is 5.79. The summed E-state index contributed by atoms with van der Waals surface area (Å²) < 4.78 is 44.5. The third-order valence-electron chi connectivity index (χ3n) is 5.57. The molecule has 2 heterocycles. The van der Waals surface area contributed by atoms with Crippen molar-refractivity contribution in [3.05, 3.63) is 70.7 Å². The maximum absolute atomic E-state index is 14.6. The van der Waals surface area contributed by atoms with Gasteiger partial charge in [-0.2, -0.15) is 5.10 Å². The Hall–Kier alpha value is -3.53. The number of anilines is 3. The van der Waals surface area contributed by atoms with Crippen LogP contribution in [0.5, 0.6) is 0 Å². The molecule has 1 fully saturated rings. The lowest BCUT2D eigenvalue weighted by atomic mass is 9.93. The quantitative estimate of drug-likeness (QED) is 0.525. The number of nitrogens with zero attached hydrogens (tertiary/aromatic N) is 3. The highest BCUT2D eigenvalue weighted by Crippen LogP contribution is 2.32. The van der Waals surface area contributed by atoms with E-state index in [2.05, 4.69) is 15.7 Å². The molecule has 0 atom stereocenters. The fraction of sp³-hybridized carbons (Fsp3) is 0.304. The molecule has 1 aliphatic heterocycles. The van der Waals surface area contributed by atoms with E-state index >= 15 is 0 Å². The van der Waals surface area contributed by atoms with Crippen molar-refractivity contribution in [2.75, 3.05) is 30.8 Å². The molecule has 0 spiro atoms. The van der Waals surface area contributed by atoms with Crippen LogP contribution >= 0.6 is 0 Å². The summed E-state index contributed by atoms with van der Waals surface area (Å²) in [7, 11) is 1.74. The van der Waals surface area contributed by atoms with Gasteiger partial charge in [-0.1, -0.05) is 6.07 Å². The molecule has 174 valence electrons. The molecule has 0 aliphatic carbocycles. The molecule has 3 aromatic rings. The molecule has 4 rings (SSSR count). The number of hydrogen-bond donors (Lipinski definition) is 3. The number of β-amino-alcohol motifs (C(OH)–C–C–N with tert-alkyl or cyclic N) is 1. The SMILES string of the molecule is CNc1cc(C)nn1CC1(O)CN(C(=O)c2ccc(F)c(F)c2Nc2ccc(C)cc2F)C1. The number of benzene rings is 2. The number of halogens is 3. The second-order valence-electron chi connectivity index (χ2n) is 8.36. The number of aromatic nitrogens is 2. The molecule has 0 bridgehead atoms. The average Bonchev–Trinajstić information content (AvgIpc) is 3.09. The Labute approximate surface area is 188 Å². The summed E-state index contributed by atoms with van der Waals surface area (Å²) in [6.07, 6.45) is 0. The lowest BCUT2D eigenvalue weighted by Crippen LogP contribution is -2.65. The van der Waals surface area contributed by atoms with Gasteiger partial charge in [0.25, 0.3) is 5.91 Å². The van der Waals surface area contributed by atoms with E-state index in [1.807, 2.05) is 13.0 Å². The number of nitrogens with one attached hydrogen (secondary N) is 2. The molecule has 0 radical (unpaired) electrons. The van der Waals surface area contributed by atoms with E-state index in [0.717, 1.165) is 23.6 Å². The van der Waals surface area contributed by atoms with Crippen molar-refractivity contribution in [2.24, 2.45) is 0 Å². The van der Waals surface area contributed by atoms with Crippen LogP contribution < -0.4 is 10.6 Å². The van der Waals surface area contributed by atoms with Gasteiger partial charge in [0, 0.05) is 13.1 Å². The summed E-state index contributed by atoms with van der Waals surface area (Å²) in [5.74, 6) is -3.01. The van der Waals surface area contributed by atoms with Gasteiger partial charge in [-0.15, -0.1) is 0 Å². The third kappa shape index (κ3) is 4.38. The Balaban J connectivity index is 1.55. The fourth-order valence-electron chi connectivity index (χ4n) is 3.93. The zero-order valence-electron chi connectivity index (χ0n) is 18.4. The Morgan fingerprint density at radius 2 is 1.85 bits per heavy atom. The number of carbonyl (C=O) groups is 1. The van der Waals surface area contributed by atoms with E-state index in [4.69, 9.17) is 0 Å². The van der Waals surface area contributed by atoms with Crippen LogP contribution in [0.15, 0.2) is 36.4 Å². The summed E-state index contributed by atoms with van der Waals surface area (Å²) >= 11 is 0. The fourth-order valence-corrected chi connectivity index (χ4v) is 3.93. The van der Waals surface area contributed by atoms with Crippen molar-refractivity contribution in [2.45, 2.75) is 26.0 Å². The van der Waals surface area contributed by atoms with E-state index < -0.39 is 34.6 Å². The zero-order valence-corrected chi connectivity index (χ0v) is 18.4. The van der Waals surface area contributed by atoms with Crippen molar-refractivity contribution >= 4 is 23.1 Å². The molecule has 0 unspecified atom stereocenters. The lowest BCUT2D eigenvalue weighted by Gasteiger charge is -2.46. The minimum Gasteiger partial charge on any atom is -0.384 e. The molecule has 2 aromatic carbocycles. The van der Waals surface area contributed by atoms with E-state index in [0.29, 0.717) is 5.56 Å². The number of carbonyl (C=O) groups excluding carboxylic acids is 1. The van der Waals surface area contributed by atoms with E-state index in [9.17, 15) is 23.1 Å². The highest BCUT2D eigenvalue weighted by atomic mass is 19.2. The standard InChI is InChI=1S/C23H24F3N5O2/c1-13-4-7-18(17(25)8-13)28-21-15(5-6-16(24)20(21)26)22(32)30-10-23(33,11-30)12-31-19(27-3)9-14(2)29-31/h4-9,27-28,33H,10-12H2,1-3H3. The minimum absolute atomic E-state index is 0.0226. The summed E-state index contributed by atoms with van der Waals surface area (Å²) in [6.45, 7) is 3.63. The van der Waals surface area contributed by atoms with E-state index in [-0.39, 0.29) is 30.9 Å². The number of amides is 1. The van der Waals surface area contributed by atoms with Gasteiger partial charge >= 0.3 is 0 Å². The monoisotopic (exact) mass is 459 g/mol. The highest BCUT2D eigenvalue weighted by molar-refractivity contribution is 6.01. The van der Waals surface area contributed by atoms with Crippen LogP contribution in [0.4, 0.5) is 30.4 Å². The first-order chi connectivity index (χ1) is 15.6. The van der Waals surface area contributed by atoms with Crippen LogP contribution in [-0.2, 0) is 6.54 Å². The van der Waals surface area contributed by atoms with E-state index in [1.54, 1.807) is 24.7 Å². The Morgan fingerprint density at radius 1 is 1.12 bits per heavy atom. The molecule has 7 nitrogen and oxygen atoms in total.